The molecule has 0 bridgehead atoms. The van der Waals surface area contributed by atoms with E-state index in [1.54, 1.807) is 6.20 Å². The van der Waals surface area contributed by atoms with Crippen LogP contribution in [0.2, 0.25) is 0 Å². The molecular weight excluding hydrogens is 268 g/mol. The minimum absolute atomic E-state index is 0.0115. The number of nitrogen functional groups attached to an aromatic ring is 1. The van der Waals surface area contributed by atoms with Gasteiger partial charge in [-0.1, -0.05) is 6.07 Å². The number of hydrogen-bond donors (Lipinski definition) is 4. The van der Waals surface area contributed by atoms with Crippen molar-refractivity contribution in [2.75, 3.05) is 17.7 Å². The molecule has 108 valence electrons. The summed E-state index contributed by atoms with van der Waals surface area (Å²) in [6.07, 6.45) is 1.70. The highest BCUT2D eigenvalue weighted by molar-refractivity contribution is 5.92. The van der Waals surface area contributed by atoms with E-state index < -0.39 is 0 Å². The lowest BCUT2D eigenvalue weighted by Gasteiger charge is -2.14. The second-order valence-corrected chi connectivity index (χ2v) is 4.86. The molecule has 7 heteroatoms. The van der Waals surface area contributed by atoms with Gasteiger partial charge in [-0.15, -0.1) is 0 Å². The zero-order valence-electron chi connectivity index (χ0n) is 11.5. The van der Waals surface area contributed by atoms with Crippen molar-refractivity contribution in [2.45, 2.75) is 13.0 Å². The fourth-order valence-corrected chi connectivity index (χ4v) is 2.12. The van der Waals surface area contributed by atoms with E-state index in [1.165, 1.54) is 0 Å². The summed E-state index contributed by atoms with van der Waals surface area (Å²) in [6.45, 7) is 1.88. The van der Waals surface area contributed by atoms with E-state index in [0.29, 0.717) is 5.82 Å². The summed E-state index contributed by atoms with van der Waals surface area (Å²) in [7, 11) is 0. The average Bonchev–Trinajstić information content (AvgIpc) is 3.00. The van der Waals surface area contributed by atoms with Crippen LogP contribution in [0.3, 0.4) is 0 Å². The molecule has 3 rings (SSSR count). The Balaban J connectivity index is 2.10. The van der Waals surface area contributed by atoms with E-state index in [1.807, 2.05) is 31.2 Å². The van der Waals surface area contributed by atoms with Gasteiger partial charge in [0.2, 0.25) is 5.95 Å². The third-order valence-electron chi connectivity index (χ3n) is 3.18. The molecule has 1 unspecified atom stereocenters. The lowest BCUT2D eigenvalue weighted by molar-refractivity contribution is 0.281. The Hall–Kier alpha value is -2.67. The second kappa shape index (κ2) is 5.37. The van der Waals surface area contributed by atoms with Crippen molar-refractivity contribution in [3.63, 3.8) is 0 Å². The van der Waals surface area contributed by atoms with Crippen LogP contribution in [-0.4, -0.2) is 37.9 Å². The van der Waals surface area contributed by atoms with Crippen molar-refractivity contribution in [1.82, 2.24) is 20.2 Å². The Kier molecular flexibility index (Phi) is 3.41. The van der Waals surface area contributed by atoms with Gasteiger partial charge in [0, 0.05) is 23.2 Å². The first-order chi connectivity index (χ1) is 10.2. The zero-order chi connectivity index (χ0) is 14.8. The van der Waals surface area contributed by atoms with Gasteiger partial charge in [0.25, 0.3) is 0 Å². The van der Waals surface area contributed by atoms with Crippen molar-refractivity contribution in [1.29, 1.82) is 0 Å². The summed E-state index contributed by atoms with van der Waals surface area (Å²) in [5.74, 6) is 0.812. The molecule has 1 atom stereocenters. The summed E-state index contributed by atoms with van der Waals surface area (Å²) in [5, 5.41) is 20.0. The first-order valence-electron chi connectivity index (χ1n) is 6.62. The van der Waals surface area contributed by atoms with Gasteiger partial charge in [-0.05, 0) is 25.1 Å². The van der Waals surface area contributed by atoms with E-state index in [4.69, 9.17) is 10.8 Å². The lowest BCUT2D eigenvalue weighted by Crippen LogP contribution is -2.20. The summed E-state index contributed by atoms with van der Waals surface area (Å²) in [4.78, 5) is 8.48. The minimum atomic E-state index is -0.116. The Labute approximate surface area is 121 Å². The highest BCUT2D eigenvalue weighted by Crippen LogP contribution is 2.26. The van der Waals surface area contributed by atoms with Crippen LogP contribution in [0.15, 0.2) is 30.5 Å². The van der Waals surface area contributed by atoms with E-state index in [0.717, 1.165) is 22.2 Å². The number of benzene rings is 1. The number of rotatable bonds is 4. The molecule has 0 fully saturated rings. The number of aliphatic hydroxyl groups excluding tert-OH is 1. The molecule has 0 aliphatic heterocycles. The van der Waals surface area contributed by atoms with E-state index in [-0.39, 0.29) is 18.6 Å². The smallest absolute Gasteiger partial charge is 0.222 e. The van der Waals surface area contributed by atoms with Crippen LogP contribution in [0.1, 0.15) is 6.92 Å². The fourth-order valence-electron chi connectivity index (χ4n) is 2.12. The van der Waals surface area contributed by atoms with E-state index in [2.05, 4.69) is 25.5 Å². The van der Waals surface area contributed by atoms with Gasteiger partial charge in [0.05, 0.1) is 17.8 Å². The SMILES string of the molecule is CC(CO)Nc1nc(N)nc2cc(-c3ccn[nH]3)ccc12. The van der Waals surface area contributed by atoms with Gasteiger partial charge in [-0.3, -0.25) is 5.10 Å². The maximum atomic E-state index is 9.16. The molecular formula is C14H16N6O. The predicted octanol–water partition coefficient (Wildman–Crippen LogP) is 1.39. The normalized spacial score (nSPS) is 12.5. The van der Waals surface area contributed by atoms with Crippen molar-refractivity contribution in [3.8, 4) is 11.3 Å². The third kappa shape index (κ3) is 2.63. The monoisotopic (exact) mass is 284 g/mol. The Morgan fingerprint density at radius 2 is 2.19 bits per heavy atom. The maximum Gasteiger partial charge on any atom is 0.222 e. The molecule has 0 amide bonds. The van der Waals surface area contributed by atoms with Gasteiger partial charge in [0.1, 0.15) is 5.82 Å². The molecule has 3 aromatic rings. The number of hydrogen-bond acceptors (Lipinski definition) is 6. The summed E-state index contributed by atoms with van der Waals surface area (Å²) >= 11 is 0. The summed E-state index contributed by atoms with van der Waals surface area (Å²) in [6, 6.07) is 7.59. The predicted molar refractivity (Wildman–Crippen MR) is 81.7 cm³/mol. The number of aliphatic hydroxyl groups is 1. The molecule has 0 saturated heterocycles. The Bertz CT molecular complexity index is 756. The van der Waals surface area contributed by atoms with Gasteiger partial charge in [-0.25, -0.2) is 4.98 Å². The molecule has 5 N–H and O–H groups in total. The summed E-state index contributed by atoms with van der Waals surface area (Å²) in [5.41, 5.74) is 8.39. The molecule has 21 heavy (non-hydrogen) atoms. The molecule has 1 aromatic carbocycles. The van der Waals surface area contributed by atoms with Crippen LogP contribution in [-0.2, 0) is 0 Å². The standard InChI is InChI=1S/C14H16N6O/c1-8(7-21)17-13-10-3-2-9(11-4-5-16-20-11)6-12(10)18-14(15)19-13/h2-6,8,21H,7H2,1H3,(H,16,20)(H3,15,17,18,19). The number of fused-ring (bicyclic) bond motifs is 1. The second-order valence-electron chi connectivity index (χ2n) is 4.86. The molecule has 0 spiro atoms. The number of aromatic amines is 1. The van der Waals surface area contributed by atoms with Crippen LogP contribution >= 0.6 is 0 Å². The van der Waals surface area contributed by atoms with Crippen LogP contribution in [0, 0.1) is 0 Å². The molecule has 0 aliphatic carbocycles. The van der Waals surface area contributed by atoms with Crippen molar-refractivity contribution >= 4 is 22.7 Å². The molecule has 2 aromatic heterocycles. The first-order valence-corrected chi connectivity index (χ1v) is 6.62. The van der Waals surface area contributed by atoms with Gasteiger partial charge in [0.15, 0.2) is 0 Å². The Morgan fingerprint density at radius 1 is 1.33 bits per heavy atom. The van der Waals surface area contributed by atoms with Gasteiger partial charge in [-0.2, -0.15) is 10.1 Å². The molecule has 0 aliphatic rings. The van der Waals surface area contributed by atoms with Crippen molar-refractivity contribution in [3.05, 3.63) is 30.5 Å². The van der Waals surface area contributed by atoms with Crippen LogP contribution in [0.4, 0.5) is 11.8 Å². The van der Waals surface area contributed by atoms with Crippen LogP contribution in [0.25, 0.3) is 22.2 Å². The first kappa shape index (κ1) is 13.3. The van der Waals surface area contributed by atoms with Gasteiger partial charge >= 0.3 is 0 Å². The van der Waals surface area contributed by atoms with Gasteiger partial charge < -0.3 is 16.2 Å². The summed E-state index contributed by atoms with van der Waals surface area (Å²) < 4.78 is 0. The van der Waals surface area contributed by atoms with E-state index >= 15 is 0 Å². The largest absolute Gasteiger partial charge is 0.394 e. The van der Waals surface area contributed by atoms with Crippen LogP contribution < -0.4 is 11.1 Å². The van der Waals surface area contributed by atoms with Crippen LogP contribution in [0.5, 0.6) is 0 Å². The topological polar surface area (TPSA) is 113 Å². The molecule has 0 radical (unpaired) electrons. The zero-order valence-corrected chi connectivity index (χ0v) is 11.5. The molecule has 7 nitrogen and oxygen atoms in total. The number of nitrogens with one attached hydrogen (secondary N) is 2. The lowest BCUT2D eigenvalue weighted by atomic mass is 10.1. The fraction of sp³-hybridized carbons (Fsp3) is 0.214. The number of nitrogens with two attached hydrogens (primary N) is 1. The van der Waals surface area contributed by atoms with Crippen molar-refractivity contribution < 1.29 is 5.11 Å². The highest BCUT2D eigenvalue weighted by Gasteiger charge is 2.10. The molecule has 0 saturated carbocycles. The van der Waals surface area contributed by atoms with E-state index in [9.17, 15) is 0 Å². The minimum Gasteiger partial charge on any atom is -0.394 e. The number of aromatic nitrogens is 4. The highest BCUT2D eigenvalue weighted by atomic mass is 16.3. The van der Waals surface area contributed by atoms with Crippen molar-refractivity contribution in [2.24, 2.45) is 0 Å². The average molecular weight is 284 g/mol. The third-order valence-corrected chi connectivity index (χ3v) is 3.18. The number of H-pyrrole nitrogens is 1. The maximum absolute atomic E-state index is 9.16. The Morgan fingerprint density at radius 3 is 2.90 bits per heavy atom. The quantitative estimate of drug-likeness (QED) is 0.576. The number of nitrogens with zero attached hydrogens (tertiary/aromatic N) is 3. The molecule has 2 heterocycles. The number of anilines is 2.